The van der Waals surface area contributed by atoms with Gasteiger partial charge in [-0.2, -0.15) is 4.31 Å². The molecule has 0 bridgehead atoms. The molecule has 0 radical (unpaired) electrons. The van der Waals surface area contributed by atoms with Crippen LogP contribution in [-0.4, -0.2) is 19.3 Å². The Morgan fingerprint density at radius 1 is 1.38 bits per heavy atom. The molecular formula is C14H15ClN2O2S2. The Balaban J connectivity index is 2.00. The highest BCUT2D eigenvalue weighted by Gasteiger charge is 2.30. The van der Waals surface area contributed by atoms with E-state index in [0.29, 0.717) is 23.7 Å². The predicted molar refractivity (Wildman–Crippen MR) is 86.2 cm³/mol. The molecule has 0 unspecified atom stereocenters. The molecule has 0 atom stereocenters. The van der Waals surface area contributed by atoms with Crippen molar-refractivity contribution in [3.05, 3.63) is 44.6 Å². The lowest BCUT2D eigenvalue weighted by Crippen LogP contribution is -2.35. The third-order valence-corrected chi connectivity index (χ3v) is 7.02. The fraction of sp³-hybridized carbons (Fsp3) is 0.286. The molecular weight excluding hydrogens is 328 g/mol. The summed E-state index contributed by atoms with van der Waals surface area (Å²) in [5.74, 6) is 0. The first kappa shape index (κ1) is 14.8. The minimum Gasteiger partial charge on any atom is -0.397 e. The van der Waals surface area contributed by atoms with Gasteiger partial charge >= 0.3 is 0 Å². The van der Waals surface area contributed by atoms with Crippen molar-refractivity contribution in [1.82, 2.24) is 4.31 Å². The van der Waals surface area contributed by atoms with Crippen molar-refractivity contribution in [1.29, 1.82) is 0 Å². The molecule has 0 aliphatic carbocycles. The van der Waals surface area contributed by atoms with E-state index >= 15 is 0 Å². The SMILES string of the molecule is Cc1cc(Cl)c(N)cc1S(=O)(=O)N1CCc2sccc2C1. The summed E-state index contributed by atoms with van der Waals surface area (Å²) in [7, 11) is -3.55. The van der Waals surface area contributed by atoms with Crippen LogP contribution in [0.25, 0.3) is 0 Å². The van der Waals surface area contributed by atoms with Gasteiger partial charge in [0.15, 0.2) is 0 Å². The fourth-order valence-corrected chi connectivity index (χ4v) is 5.28. The van der Waals surface area contributed by atoms with Crippen molar-refractivity contribution in [2.45, 2.75) is 24.8 Å². The molecule has 1 aromatic carbocycles. The standard InChI is InChI=1S/C14H15ClN2O2S2/c1-9-6-11(15)12(16)7-14(9)21(18,19)17-4-2-13-10(8-17)3-5-20-13/h3,5-7H,2,4,8,16H2,1H3. The number of halogens is 1. The zero-order valence-corrected chi connectivity index (χ0v) is 13.9. The molecule has 4 nitrogen and oxygen atoms in total. The Kier molecular flexibility index (Phi) is 3.73. The molecule has 0 saturated carbocycles. The maximum absolute atomic E-state index is 12.8. The van der Waals surface area contributed by atoms with Crippen LogP contribution in [0.3, 0.4) is 0 Å². The molecule has 2 N–H and O–H groups in total. The van der Waals surface area contributed by atoms with Gasteiger partial charge in [-0.3, -0.25) is 0 Å². The summed E-state index contributed by atoms with van der Waals surface area (Å²) in [6.07, 6.45) is 0.758. The van der Waals surface area contributed by atoms with Gasteiger partial charge in [0.25, 0.3) is 0 Å². The molecule has 2 aromatic rings. The molecule has 0 fully saturated rings. The first-order chi connectivity index (χ1) is 9.89. The highest BCUT2D eigenvalue weighted by molar-refractivity contribution is 7.89. The number of fused-ring (bicyclic) bond motifs is 1. The number of nitrogens with zero attached hydrogens (tertiary/aromatic N) is 1. The molecule has 1 aliphatic heterocycles. The van der Waals surface area contributed by atoms with Crippen LogP contribution in [0, 0.1) is 6.92 Å². The highest BCUT2D eigenvalue weighted by atomic mass is 35.5. The maximum atomic E-state index is 12.8. The van der Waals surface area contributed by atoms with Crippen LogP contribution in [0.5, 0.6) is 0 Å². The van der Waals surface area contributed by atoms with Gasteiger partial charge in [0.2, 0.25) is 10.0 Å². The number of thiophene rings is 1. The molecule has 1 aromatic heterocycles. The predicted octanol–water partition coefficient (Wildman–Crippen LogP) is 3.04. The monoisotopic (exact) mass is 342 g/mol. The summed E-state index contributed by atoms with van der Waals surface area (Å²) in [6.45, 7) is 2.65. The first-order valence-corrected chi connectivity index (χ1v) is 9.20. The van der Waals surface area contributed by atoms with E-state index in [2.05, 4.69) is 0 Å². The molecule has 21 heavy (non-hydrogen) atoms. The van der Waals surface area contributed by atoms with Crippen molar-refractivity contribution in [3.8, 4) is 0 Å². The summed E-state index contributed by atoms with van der Waals surface area (Å²) < 4.78 is 27.2. The van der Waals surface area contributed by atoms with E-state index < -0.39 is 10.0 Å². The van der Waals surface area contributed by atoms with E-state index in [1.807, 2.05) is 11.4 Å². The maximum Gasteiger partial charge on any atom is 0.243 e. The number of rotatable bonds is 2. The first-order valence-electron chi connectivity index (χ1n) is 6.50. The van der Waals surface area contributed by atoms with Crippen molar-refractivity contribution in [2.75, 3.05) is 12.3 Å². The van der Waals surface area contributed by atoms with Gasteiger partial charge in [0.05, 0.1) is 15.6 Å². The number of aryl methyl sites for hydroxylation is 1. The molecule has 2 heterocycles. The van der Waals surface area contributed by atoms with Crippen LogP contribution < -0.4 is 5.73 Å². The Labute approximate surface area is 133 Å². The average molecular weight is 343 g/mol. The van der Waals surface area contributed by atoms with Crippen molar-refractivity contribution in [3.63, 3.8) is 0 Å². The van der Waals surface area contributed by atoms with E-state index in [9.17, 15) is 8.42 Å². The van der Waals surface area contributed by atoms with E-state index in [1.165, 1.54) is 15.2 Å². The molecule has 7 heteroatoms. The number of nitrogens with two attached hydrogens (primary N) is 1. The van der Waals surface area contributed by atoms with Crippen molar-refractivity contribution >= 4 is 38.6 Å². The van der Waals surface area contributed by atoms with Gasteiger partial charge < -0.3 is 5.73 Å². The second-order valence-electron chi connectivity index (χ2n) is 5.10. The molecule has 3 rings (SSSR count). The lowest BCUT2D eigenvalue weighted by atomic mass is 10.1. The minimum absolute atomic E-state index is 0.239. The van der Waals surface area contributed by atoms with Crippen molar-refractivity contribution in [2.24, 2.45) is 0 Å². The summed E-state index contributed by atoms with van der Waals surface area (Å²) in [4.78, 5) is 1.51. The number of hydrogen-bond acceptors (Lipinski definition) is 4. The van der Waals surface area contributed by atoms with E-state index in [1.54, 1.807) is 24.3 Å². The Morgan fingerprint density at radius 3 is 2.90 bits per heavy atom. The van der Waals surface area contributed by atoms with Crippen LogP contribution in [0.15, 0.2) is 28.5 Å². The van der Waals surface area contributed by atoms with Crippen LogP contribution in [0.1, 0.15) is 16.0 Å². The second-order valence-corrected chi connectivity index (χ2v) is 8.41. The molecule has 0 saturated heterocycles. The smallest absolute Gasteiger partial charge is 0.243 e. The Hall–Kier alpha value is -1.08. The Morgan fingerprint density at radius 2 is 2.14 bits per heavy atom. The summed E-state index contributed by atoms with van der Waals surface area (Å²) in [5.41, 5.74) is 7.76. The lowest BCUT2D eigenvalue weighted by Gasteiger charge is -2.27. The van der Waals surface area contributed by atoms with Gasteiger partial charge in [0, 0.05) is 18.0 Å². The average Bonchev–Trinajstić information content (AvgIpc) is 2.90. The largest absolute Gasteiger partial charge is 0.397 e. The zero-order chi connectivity index (χ0) is 15.2. The number of hydrogen-bond donors (Lipinski definition) is 1. The topological polar surface area (TPSA) is 63.4 Å². The fourth-order valence-electron chi connectivity index (χ4n) is 2.51. The molecule has 0 amide bonds. The van der Waals surface area contributed by atoms with Gasteiger partial charge in [-0.15, -0.1) is 11.3 Å². The third kappa shape index (κ3) is 2.57. The zero-order valence-electron chi connectivity index (χ0n) is 11.5. The Bertz CT molecular complexity index is 799. The van der Waals surface area contributed by atoms with Crippen molar-refractivity contribution < 1.29 is 8.42 Å². The molecule has 1 aliphatic rings. The van der Waals surface area contributed by atoms with Gasteiger partial charge in [0.1, 0.15) is 0 Å². The quantitative estimate of drug-likeness (QED) is 0.853. The van der Waals surface area contributed by atoms with Crippen LogP contribution in [-0.2, 0) is 23.0 Å². The van der Waals surface area contributed by atoms with E-state index in [4.69, 9.17) is 17.3 Å². The molecule has 112 valence electrons. The van der Waals surface area contributed by atoms with Gasteiger partial charge in [-0.1, -0.05) is 11.6 Å². The van der Waals surface area contributed by atoms with Crippen LogP contribution >= 0.6 is 22.9 Å². The van der Waals surface area contributed by atoms with E-state index in [0.717, 1.165) is 12.0 Å². The number of benzene rings is 1. The molecule has 0 spiro atoms. The van der Waals surface area contributed by atoms with Crippen LogP contribution in [0.4, 0.5) is 5.69 Å². The number of sulfonamides is 1. The van der Waals surface area contributed by atoms with Crippen LogP contribution in [0.2, 0.25) is 5.02 Å². The summed E-state index contributed by atoms with van der Waals surface area (Å²) >= 11 is 7.62. The highest BCUT2D eigenvalue weighted by Crippen LogP contribution is 2.32. The normalized spacial score (nSPS) is 15.9. The number of anilines is 1. The number of nitrogen functional groups attached to an aromatic ring is 1. The summed E-state index contributed by atoms with van der Waals surface area (Å²) in [6, 6.07) is 5.05. The lowest BCUT2D eigenvalue weighted by molar-refractivity contribution is 0.394. The minimum atomic E-state index is -3.55. The van der Waals surface area contributed by atoms with Gasteiger partial charge in [-0.25, -0.2) is 8.42 Å². The van der Waals surface area contributed by atoms with Gasteiger partial charge in [-0.05, 0) is 48.1 Å². The second kappa shape index (κ2) is 5.28. The summed E-state index contributed by atoms with van der Waals surface area (Å²) in [5, 5.41) is 2.39. The van der Waals surface area contributed by atoms with E-state index in [-0.39, 0.29) is 10.6 Å². The third-order valence-electron chi connectivity index (χ3n) is 3.68.